The number of sulfonamides is 1. The van der Waals surface area contributed by atoms with Crippen LogP contribution < -0.4 is 9.46 Å². The number of likely N-dealkylation sites (tertiary alicyclic amines) is 2. The molecule has 1 N–H and O–H groups in total. The molecule has 0 saturated carbocycles. The fourth-order valence-corrected chi connectivity index (χ4v) is 5.57. The van der Waals surface area contributed by atoms with Crippen molar-refractivity contribution in [1.82, 2.24) is 19.5 Å². The largest absolute Gasteiger partial charge is 0.490 e. The van der Waals surface area contributed by atoms with Crippen LogP contribution in [0.15, 0.2) is 41.6 Å². The number of rotatable bonds is 5. The maximum Gasteiger partial charge on any atom is 0.331 e. The van der Waals surface area contributed by atoms with E-state index in [-0.39, 0.29) is 11.1 Å². The minimum atomic E-state index is -3.99. The summed E-state index contributed by atoms with van der Waals surface area (Å²) in [4.78, 5) is 20.5. The highest BCUT2D eigenvalue weighted by molar-refractivity contribution is 7.90. The Morgan fingerprint density at radius 2 is 1.74 bits per heavy atom. The number of benzene rings is 1. The van der Waals surface area contributed by atoms with Gasteiger partial charge in [-0.05, 0) is 56.4 Å². The molecule has 0 radical (unpaired) electrons. The van der Waals surface area contributed by atoms with Crippen molar-refractivity contribution in [2.45, 2.75) is 49.8 Å². The summed E-state index contributed by atoms with van der Waals surface area (Å²) in [5.41, 5.74) is 0.845. The number of hydrogen-bond acceptors (Lipinski definition) is 6. The molecule has 2 fully saturated rings. The molecule has 8 nitrogen and oxygen atoms in total. The lowest BCUT2D eigenvalue weighted by atomic mass is 9.99. The third-order valence-electron chi connectivity index (χ3n) is 6.32. The molecule has 11 heteroatoms. The fraction of sp³-hybridized carbons (Fsp3) is 0.478. The quantitative estimate of drug-likeness (QED) is 0.630. The molecule has 184 valence electrons. The van der Waals surface area contributed by atoms with E-state index in [1.807, 2.05) is 13.0 Å². The first kappa shape index (κ1) is 25.0. The van der Waals surface area contributed by atoms with Gasteiger partial charge in [-0.1, -0.05) is 29.3 Å². The highest BCUT2D eigenvalue weighted by Crippen LogP contribution is 2.29. The first-order valence-electron chi connectivity index (χ1n) is 11.3. The van der Waals surface area contributed by atoms with Crippen molar-refractivity contribution in [2.24, 2.45) is 0 Å². The lowest BCUT2D eigenvalue weighted by Gasteiger charge is -2.41. The van der Waals surface area contributed by atoms with E-state index in [0.717, 1.165) is 50.1 Å². The highest BCUT2D eigenvalue weighted by Gasteiger charge is 2.31. The van der Waals surface area contributed by atoms with Gasteiger partial charge in [-0.25, -0.2) is 14.5 Å². The SMILES string of the molecule is Cc1ccc(S(=O)(=O)NC(=O)N2CCC(N3CCC(Oc4ccc(Cl)c(Cl)c4)CC3)CC2)nc1. The van der Waals surface area contributed by atoms with Crippen molar-refractivity contribution in [2.75, 3.05) is 26.2 Å². The predicted molar refractivity (Wildman–Crippen MR) is 131 cm³/mol. The zero-order chi connectivity index (χ0) is 24.3. The molecular formula is C23H28Cl2N4O4S. The lowest BCUT2D eigenvalue weighted by Crippen LogP contribution is -2.52. The van der Waals surface area contributed by atoms with Gasteiger partial charge in [0.1, 0.15) is 11.9 Å². The van der Waals surface area contributed by atoms with Gasteiger partial charge in [0.05, 0.1) is 10.0 Å². The Labute approximate surface area is 210 Å². The number of nitrogens with zero attached hydrogens (tertiary/aromatic N) is 3. The number of urea groups is 1. The topological polar surface area (TPSA) is 91.8 Å². The molecule has 0 aliphatic carbocycles. The molecule has 1 aromatic carbocycles. The average Bonchev–Trinajstić information content (AvgIpc) is 2.82. The van der Waals surface area contributed by atoms with E-state index >= 15 is 0 Å². The molecule has 3 heterocycles. The van der Waals surface area contributed by atoms with E-state index < -0.39 is 16.1 Å². The maximum atomic E-state index is 12.6. The van der Waals surface area contributed by atoms with Crippen molar-refractivity contribution >= 4 is 39.3 Å². The first-order valence-corrected chi connectivity index (χ1v) is 13.6. The van der Waals surface area contributed by atoms with Crippen LogP contribution in [0.1, 0.15) is 31.2 Å². The molecule has 2 aliphatic rings. The number of hydrogen-bond donors (Lipinski definition) is 1. The molecule has 34 heavy (non-hydrogen) atoms. The predicted octanol–water partition coefficient (Wildman–Crippen LogP) is 4.10. The average molecular weight is 527 g/mol. The van der Waals surface area contributed by atoms with Crippen LogP contribution in [0.25, 0.3) is 0 Å². The number of aryl methyl sites for hydroxylation is 1. The van der Waals surface area contributed by atoms with Crippen LogP contribution in [0.4, 0.5) is 4.79 Å². The van der Waals surface area contributed by atoms with Gasteiger partial charge < -0.3 is 9.64 Å². The Kier molecular flexibility index (Phi) is 7.87. The summed E-state index contributed by atoms with van der Waals surface area (Å²) in [6.07, 6.45) is 5.00. The molecular weight excluding hydrogens is 499 g/mol. The smallest absolute Gasteiger partial charge is 0.331 e. The number of carbonyl (C=O) groups excluding carboxylic acids is 1. The third-order valence-corrected chi connectivity index (χ3v) is 8.29. The Hall–Kier alpha value is -2.07. The molecule has 1 aromatic heterocycles. The van der Waals surface area contributed by atoms with Gasteiger partial charge in [-0.2, -0.15) is 8.42 Å². The second-order valence-electron chi connectivity index (χ2n) is 8.73. The Bertz CT molecular complexity index is 1110. The van der Waals surface area contributed by atoms with Gasteiger partial charge in [-0.3, -0.25) is 4.90 Å². The van der Waals surface area contributed by atoms with Gasteiger partial charge in [0.25, 0.3) is 10.0 Å². The van der Waals surface area contributed by atoms with E-state index in [0.29, 0.717) is 29.2 Å². The number of halogens is 2. The number of piperidine rings is 2. The zero-order valence-corrected chi connectivity index (χ0v) is 21.2. The molecule has 2 saturated heterocycles. The van der Waals surface area contributed by atoms with Crippen LogP contribution >= 0.6 is 23.2 Å². The highest BCUT2D eigenvalue weighted by atomic mass is 35.5. The van der Waals surface area contributed by atoms with Crippen LogP contribution in [0, 0.1) is 6.92 Å². The Morgan fingerprint density at radius 3 is 2.35 bits per heavy atom. The van der Waals surface area contributed by atoms with E-state index in [2.05, 4.69) is 14.6 Å². The molecule has 0 unspecified atom stereocenters. The molecule has 0 atom stereocenters. The standard InChI is InChI=1S/C23H28Cl2N4O4S/c1-16-2-5-22(26-15-16)34(31,32)27-23(30)29-10-6-17(7-11-29)28-12-8-18(9-13-28)33-19-3-4-20(24)21(25)14-19/h2-5,14-15,17-18H,6-13H2,1H3,(H,27,30). The van der Waals surface area contributed by atoms with Gasteiger partial charge in [0.2, 0.25) is 0 Å². The number of nitrogens with one attached hydrogen (secondary N) is 1. The van der Waals surface area contributed by atoms with Crippen LogP contribution in [-0.2, 0) is 10.0 Å². The molecule has 2 aromatic rings. The first-order chi connectivity index (χ1) is 16.2. The zero-order valence-electron chi connectivity index (χ0n) is 18.9. The van der Waals surface area contributed by atoms with Crippen LogP contribution in [-0.4, -0.2) is 67.6 Å². The normalized spacial score (nSPS) is 18.6. The van der Waals surface area contributed by atoms with Crippen molar-refractivity contribution < 1.29 is 17.9 Å². The molecule has 2 amide bonds. The summed E-state index contributed by atoms with van der Waals surface area (Å²) in [5, 5.41) is 0.830. The number of carbonyl (C=O) groups is 1. The molecule has 2 aliphatic heterocycles. The van der Waals surface area contributed by atoms with Gasteiger partial charge in [0.15, 0.2) is 5.03 Å². The monoisotopic (exact) mass is 526 g/mol. The summed E-state index contributed by atoms with van der Waals surface area (Å²) in [6.45, 7) is 4.66. The summed E-state index contributed by atoms with van der Waals surface area (Å²) < 4.78 is 33.1. The van der Waals surface area contributed by atoms with Crippen molar-refractivity contribution in [3.63, 3.8) is 0 Å². The van der Waals surface area contributed by atoms with Gasteiger partial charge >= 0.3 is 6.03 Å². The molecule has 4 rings (SSSR count). The number of aromatic nitrogens is 1. The van der Waals surface area contributed by atoms with E-state index in [1.165, 1.54) is 12.3 Å². The van der Waals surface area contributed by atoms with E-state index in [1.54, 1.807) is 23.1 Å². The summed E-state index contributed by atoms with van der Waals surface area (Å²) in [5.74, 6) is 0.725. The van der Waals surface area contributed by atoms with Crippen molar-refractivity contribution in [1.29, 1.82) is 0 Å². The van der Waals surface area contributed by atoms with Gasteiger partial charge in [0, 0.05) is 44.5 Å². The Morgan fingerprint density at radius 1 is 1.03 bits per heavy atom. The van der Waals surface area contributed by atoms with Crippen LogP contribution in [0.3, 0.4) is 0 Å². The Balaban J connectivity index is 1.23. The number of ether oxygens (including phenoxy) is 1. The van der Waals surface area contributed by atoms with Gasteiger partial charge in [-0.15, -0.1) is 0 Å². The molecule has 0 spiro atoms. The fourth-order valence-electron chi connectivity index (χ4n) is 4.38. The van der Waals surface area contributed by atoms with E-state index in [9.17, 15) is 13.2 Å². The number of amides is 2. The van der Waals surface area contributed by atoms with E-state index in [4.69, 9.17) is 27.9 Å². The second-order valence-corrected chi connectivity index (χ2v) is 11.2. The minimum absolute atomic E-state index is 0.125. The van der Waals surface area contributed by atoms with Crippen LogP contribution in [0.5, 0.6) is 5.75 Å². The summed E-state index contributed by atoms with van der Waals surface area (Å²) >= 11 is 12.0. The lowest BCUT2D eigenvalue weighted by molar-refractivity contribution is 0.0540. The summed E-state index contributed by atoms with van der Waals surface area (Å²) in [7, 11) is -3.99. The maximum absolute atomic E-state index is 12.6. The van der Waals surface area contributed by atoms with Crippen LogP contribution in [0.2, 0.25) is 10.0 Å². The second kappa shape index (κ2) is 10.7. The third kappa shape index (κ3) is 6.13. The minimum Gasteiger partial charge on any atom is -0.490 e. The molecule has 0 bridgehead atoms. The van der Waals surface area contributed by atoms with Crippen molar-refractivity contribution in [3.05, 3.63) is 52.1 Å². The number of pyridine rings is 1. The summed E-state index contributed by atoms with van der Waals surface area (Å²) in [6, 6.07) is 8.12. The van der Waals surface area contributed by atoms with Crippen molar-refractivity contribution in [3.8, 4) is 5.75 Å².